The van der Waals surface area contributed by atoms with Gasteiger partial charge in [-0.1, -0.05) is 18.2 Å². The second kappa shape index (κ2) is 4.23. The normalized spacial score (nSPS) is 10.1. The molecule has 2 aromatic rings. The largest absolute Gasteiger partial charge is 0.362 e. The highest BCUT2D eigenvalue weighted by atomic mass is 16.1. The number of hydrogen-bond donors (Lipinski definition) is 2. The molecule has 0 radical (unpaired) electrons. The van der Waals surface area contributed by atoms with Crippen molar-refractivity contribution in [3.8, 4) is 0 Å². The van der Waals surface area contributed by atoms with Crippen molar-refractivity contribution in [3.05, 3.63) is 53.3 Å². The maximum atomic E-state index is 11.9. The molecule has 1 heterocycles. The fraction of sp³-hybridized carbons (Fsp3) is 0.154. The first kappa shape index (κ1) is 10.5. The third-order valence-electron chi connectivity index (χ3n) is 2.43. The zero-order chi connectivity index (χ0) is 11.5. The van der Waals surface area contributed by atoms with Gasteiger partial charge < -0.3 is 10.3 Å². The van der Waals surface area contributed by atoms with Gasteiger partial charge in [-0.15, -0.1) is 0 Å². The second-order valence-corrected chi connectivity index (χ2v) is 3.81. The van der Waals surface area contributed by atoms with E-state index in [1.54, 1.807) is 0 Å². The number of benzene rings is 1. The Labute approximate surface area is 94.5 Å². The van der Waals surface area contributed by atoms with E-state index in [2.05, 4.69) is 10.3 Å². The summed E-state index contributed by atoms with van der Waals surface area (Å²) < 4.78 is 0. The van der Waals surface area contributed by atoms with Crippen molar-refractivity contribution >= 4 is 11.6 Å². The molecular formula is C13H14N2O. The summed E-state index contributed by atoms with van der Waals surface area (Å²) in [5.41, 5.74) is 3.40. The molecule has 0 fully saturated rings. The number of aromatic amines is 1. The van der Waals surface area contributed by atoms with Gasteiger partial charge in [0.1, 0.15) is 0 Å². The van der Waals surface area contributed by atoms with E-state index in [-0.39, 0.29) is 5.91 Å². The van der Waals surface area contributed by atoms with Crippen LogP contribution in [0.2, 0.25) is 0 Å². The molecule has 16 heavy (non-hydrogen) atoms. The smallest absolute Gasteiger partial charge is 0.257 e. The summed E-state index contributed by atoms with van der Waals surface area (Å²) in [4.78, 5) is 15.0. The van der Waals surface area contributed by atoms with Crippen LogP contribution in [0.1, 0.15) is 21.7 Å². The Morgan fingerprint density at radius 2 is 1.88 bits per heavy atom. The molecule has 0 aliphatic carbocycles. The first-order chi connectivity index (χ1) is 7.66. The molecule has 0 saturated carbocycles. The van der Waals surface area contributed by atoms with Crippen molar-refractivity contribution in [2.75, 3.05) is 5.32 Å². The number of nitrogens with one attached hydrogen (secondary N) is 2. The van der Waals surface area contributed by atoms with Crippen LogP contribution >= 0.6 is 0 Å². The van der Waals surface area contributed by atoms with Gasteiger partial charge in [0, 0.05) is 17.1 Å². The minimum absolute atomic E-state index is 0.0759. The van der Waals surface area contributed by atoms with Crippen LogP contribution < -0.4 is 5.32 Å². The number of anilines is 1. The molecule has 0 aliphatic rings. The Bertz CT molecular complexity index is 500. The number of carbonyl (C=O) groups is 1. The van der Waals surface area contributed by atoms with Crippen LogP contribution in [-0.4, -0.2) is 10.9 Å². The summed E-state index contributed by atoms with van der Waals surface area (Å²) in [5.74, 6) is -0.0759. The fourth-order valence-corrected chi connectivity index (χ4v) is 1.68. The summed E-state index contributed by atoms with van der Waals surface area (Å²) in [5, 5.41) is 2.85. The van der Waals surface area contributed by atoms with Crippen molar-refractivity contribution in [3.63, 3.8) is 0 Å². The number of carbonyl (C=O) groups excluding carboxylic acids is 1. The van der Waals surface area contributed by atoms with Crippen LogP contribution in [0.15, 0.2) is 36.4 Å². The number of para-hydroxylation sites is 1. The lowest BCUT2D eigenvalue weighted by Crippen LogP contribution is -2.12. The van der Waals surface area contributed by atoms with Crippen LogP contribution in [0.25, 0.3) is 0 Å². The third-order valence-corrected chi connectivity index (χ3v) is 2.43. The maximum absolute atomic E-state index is 11.9. The number of amides is 1. The average molecular weight is 214 g/mol. The number of H-pyrrole nitrogens is 1. The minimum Gasteiger partial charge on any atom is -0.362 e. The standard InChI is InChI=1S/C13H14N2O/c1-9-8-12(10(2)14-9)13(16)15-11-6-4-3-5-7-11/h3-8,14H,1-2H3,(H,15,16). The second-order valence-electron chi connectivity index (χ2n) is 3.81. The van der Waals surface area contributed by atoms with Gasteiger partial charge in [-0.05, 0) is 32.0 Å². The van der Waals surface area contributed by atoms with Gasteiger partial charge >= 0.3 is 0 Å². The molecule has 82 valence electrons. The quantitative estimate of drug-likeness (QED) is 0.793. The van der Waals surface area contributed by atoms with Crippen molar-refractivity contribution in [2.45, 2.75) is 13.8 Å². The molecule has 0 saturated heterocycles. The predicted molar refractivity (Wildman–Crippen MR) is 64.7 cm³/mol. The molecular weight excluding hydrogens is 200 g/mol. The number of rotatable bonds is 2. The zero-order valence-corrected chi connectivity index (χ0v) is 9.37. The fourth-order valence-electron chi connectivity index (χ4n) is 1.68. The van der Waals surface area contributed by atoms with E-state index in [1.807, 2.05) is 50.2 Å². The van der Waals surface area contributed by atoms with Crippen LogP contribution in [0.4, 0.5) is 5.69 Å². The lowest BCUT2D eigenvalue weighted by atomic mass is 10.2. The SMILES string of the molecule is Cc1cc(C(=O)Nc2ccccc2)c(C)[nH]1. The summed E-state index contributed by atoms with van der Waals surface area (Å²) in [6.07, 6.45) is 0. The van der Waals surface area contributed by atoms with Crippen LogP contribution in [0.5, 0.6) is 0 Å². The molecule has 3 nitrogen and oxygen atoms in total. The van der Waals surface area contributed by atoms with E-state index >= 15 is 0 Å². The topological polar surface area (TPSA) is 44.9 Å². The van der Waals surface area contributed by atoms with Gasteiger partial charge in [0.2, 0.25) is 0 Å². The molecule has 2 N–H and O–H groups in total. The number of aryl methyl sites for hydroxylation is 2. The van der Waals surface area contributed by atoms with E-state index in [4.69, 9.17) is 0 Å². The van der Waals surface area contributed by atoms with Gasteiger partial charge in [-0.25, -0.2) is 0 Å². The lowest BCUT2D eigenvalue weighted by molar-refractivity contribution is 0.102. The molecule has 0 spiro atoms. The van der Waals surface area contributed by atoms with Crippen LogP contribution in [0, 0.1) is 13.8 Å². The Morgan fingerprint density at radius 1 is 1.19 bits per heavy atom. The van der Waals surface area contributed by atoms with Gasteiger partial charge in [-0.3, -0.25) is 4.79 Å². The van der Waals surface area contributed by atoms with Crippen molar-refractivity contribution in [2.24, 2.45) is 0 Å². The van der Waals surface area contributed by atoms with E-state index in [1.165, 1.54) is 0 Å². The van der Waals surface area contributed by atoms with E-state index in [9.17, 15) is 4.79 Å². The first-order valence-corrected chi connectivity index (χ1v) is 5.19. The van der Waals surface area contributed by atoms with Crippen molar-refractivity contribution in [1.29, 1.82) is 0 Å². The van der Waals surface area contributed by atoms with E-state index < -0.39 is 0 Å². The minimum atomic E-state index is -0.0759. The average Bonchev–Trinajstić information content (AvgIpc) is 2.59. The highest BCUT2D eigenvalue weighted by molar-refractivity contribution is 6.05. The Hall–Kier alpha value is -2.03. The maximum Gasteiger partial charge on any atom is 0.257 e. The van der Waals surface area contributed by atoms with Crippen LogP contribution in [0.3, 0.4) is 0 Å². The molecule has 1 aromatic heterocycles. The highest BCUT2D eigenvalue weighted by Gasteiger charge is 2.10. The molecule has 0 bridgehead atoms. The number of hydrogen-bond acceptors (Lipinski definition) is 1. The summed E-state index contributed by atoms with van der Waals surface area (Å²) in [6.45, 7) is 3.83. The Balaban J connectivity index is 2.18. The van der Waals surface area contributed by atoms with Gasteiger partial charge in [0.25, 0.3) is 5.91 Å². The first-order valence-electron chi connectivity index (χ1n) is 5.19. The molecule has 0 atom stereocenters. The highest BCUT2D eigenvalue weighted by Crippen LogP contribution is 2.12. The van der Waals surface area contributed by atoms with E-state index in [0.717, 1.165) is 17.1 Å². The zero-order valence-electron chi connectivity index (χ0n) is 9.37. The Kier molecular flexibility index (Phi) is 2.77. The van der Waals surface area contributed by atoms with Gasteiger partial charge in [0.05, 0.1) is 5.56 Å². The lowest BCUT2D eigenvalue weighted by Gasteiger charge is -2.03. The van der Waals surface area contributed by atoms with Crippen LogP contribution in [-0.2, 0) is 0 Å². The molecule has 1 amide bonds. The Morgan fingerprint density at radius 3 is 2.44 bits per heavy atom. The summed E-state index contributed by atoms with van der Waals surface area (Å²) in [6, 6.07) is 11.3. The molecule has 0 unspecified atom stereocenters. The molecule has 1 aromatic carbocycles. The number of aromatic nitrogens is 1. The van der Waals surface area contributed by atoms with Crippen molar-refractivity contribution < 1.29 is 4.79 Å². The van der Waals surface area contributed by atoms with E-state index in [0.29, 0.717) is 5.56 Å². The molecule has 0 aliphatic heterocycles. The van der Waals surface area contributed by atoms with Gasteiger partial charge in [0.15, 0.2) is 0 Å². The third kappa shape index (κ3) is 2.14. The summed E-state index contributed by atoms with van der Waals surface area (Å²) >= 11 is 0. The molecule has 3 heteroatoms. The predicted octanol–water partition coefficient (Wildman–Crippen LogP) is 2.88. The van der Waals surface area contributed by atoms with Crippen molar-refractivity contribution in [1.82, 2.24) is 4.98 Å². The monoisotopic (exact) mass is 214 g/mol. The molecule has 2 rings (SSSR count). The van der Waals surface area contributed by atoms with Gasteiger partial charge in [-0.2, -0.15) is 0 Å². The summed E-state index contributed by atoms with van der Waals surface area (Å²) in [7, 11) is 0.